The second-order valence-electron chi connectivity index (χ2n) is 6.74. The molecule has 0 radical (unpaired) electrons. The molecule has 0 unspecified atom stereocenters. The number of aromatic nitrogens is 2. The summed E-state index contributed by atoms with van der Waals surface area (Å²) in [6.07, 6.45) is 0. The summed E-state index contributed by atoms with van der Waals surface area (Å²) in [4.78, 5) is 8.12. The van der Waals surface area contributed by atoms with Crippen LogP contribution in [0.1, 0.15) is 18.1 Å². The molecule has 29 heavy (non-hydrogen) atoms. The number of nitrogens with one attached hydrogen (secondary N) is 1. The minimum Gasteiger partial charge on any atom is -0.490 e. The lowest BCUT2D eigenvalue weighted by atomic mass is 10.2. The monoisotopic (exact) mass is 514 g/mol. The van der Waals surface area contributed by atoms with E-state index < -0.39 is 0 Å². The summed E-state index contributed by atoms with van der Waals surface area (Å²) in [6.45, 7) is 5.02. The Labute approximate surface area is 186 Å². The number of H-pyrrole nitrogens is 1. The Hall–Kier alpha value is -2.31. The Morgan fingerprint density at radius 3 is 2.66 bits per heavy atom. The lowest BCUT2D eigenvalue weighted by Gasteiger charge is -2.15. The molecule has 0 saturated heterocycles. The minimum atomic E-state index is 0.446. The lowest BCUT2D eigenvalue weighted by Crippen LogP contribution is -2.01. The maximum atomic E-state index is 6.10. The maximum absolute atomic E-state index is 6.10. The lowest BCUT2D eigenvalue weighted by molar-refractivity contribution is 0.268. The fourth-order valence-electron chi connectivity index (χ4n) is 3.15. The third-order valence-corrected chi connectivity index (χ3v) is 5.57. The van der Waals surface area contributed by atoms with Gasteiger partial charge in [-0.2, -0.15) is 0 Å². The van der Waals surface area contributed by atoms with Crippen LogP contribution in [-0.2, 0) is 6.61 Å². The van der Waals surface area contributed by atoms with Crippen molar-refractivity contribution >= 4 is 42.9 Å². The van der Waals surface area contributed by atoms with Gasteiger partial charge in [0.2, 0.25) is 0 Å². The highest BCUT2D eigenvalue weighted by Gasteiger charge is 2.15. The molecule has 4 aromatic rings. The molecule has 0 bridgehead atoms. The van der Waals surface area contributed by atoms with Crippen LogP contribution < -0.4 is 9.47 Å². The molecule has 0 aliphatic rings. The second kappa shape index (κ2) is 8.59. The van der Waals surface area contributed by atoms with E-state index in [-0.39, 0.29) is 0 Å². The van der Waals surface area contributed by atoms with E-state index in [9.17, 15) is 0 Å². The van der Waals surface area contributed by atoms with E-state index in [1.54, 1.807) is 0 Å². The molecule has 0 saturated carbocycles. The van der Waals surface area contributed by atoms with Crippen LogP contribution in [0.15, 0.2) is 63.5 Å². The van der Waals surface area contributed by atoms with Gasteiger partial charge in [0.05, 0.1) is 22.1 Å². The number of aryl methyl sites for hydroxylation is 1. The third kappa shape index (κ3) is 4.49. The molecule has 1 heterocycles. The molecule has 0 amide bonds. The van der Waals surface area contributed by atoms with Crippen molar-refractivity contribution in [3.8, 4) is 22.9 Å². The topological polar surface area (TPSA) is 47.1 Å². The molecular formula is C23H20Br2N2O2. The molecule has 0 spiro atoms. The molecule has 0 atom stereocenters. The first-order valence-electron chi connectivity index (χ1n) is 9.34. The average molecular weight is 516 g/mol. The minimum absolute atomic E-state index is 0.446. The van der Waals surface area contributed by atoms with E-state index in [2.05, 4.69) is 55.9 Å². The molecule has 1 N–H and O–H groups in total. The average Bonchev–Trinajstić information content (AvgIpc) is 3.10. The summed E-state index contributed by atoms with van der Waals surface area (Å²) in [5, 5.41) is 0. The van der Waals surface area contributed by atoms with E-state index >= 15 is 0 Å². The number of aromatic amines is 1. The van der Waals surface area contributed by atoms with E-state index in [1.165, 1.54) is 5.56 Å². The molecule has 0 aliphatic carbocycles. The summed E-state index contributed by atoms with van der Waals surface area (Å²) in [5.74, 6) is 2.16. The normalized spacial score (nSPS) is 11.0. The van der Waals surface area contributed by atoms with Crippen molar-refractivity contribution in [2.75, 3.05) is 6.61 Å². The van der Waals surface area contributed by atoms with Gasteiger partial charge in [0.25, 0.3) is 0 Å². The standard InChI is InChI=1S/C23H20Br2N2O2/c1-3-28-21-12-16(23-26-19-8-7-14(2)9-20(19)27-23)11-18(25)22(21)29-13-15-5-4-6-17(24)10-15/h4-12H,3,13H2,1-2H3,(H,26,27). The Morgan fingerprint density at radius 2 is 1.86 bits per heavy atom. The van der Waals surface area contributed by atoms with Crippen molar-refractivity contribution in [2.45, 2.75) is 20.5 Å². The van der Waals surface area contributed by atoms with Gasteiger partial charge in [-0.3, -0.25) is 0 Å². The van der Waals surface area contributed by atoms with Gasteiger partial charge in [0.1, 0.15) is 12.4 Å². The zero-order chi connectivity index (χ0) is 20.4. The predicted molar refractivity (Wildman–Crippen MR) is 124 cm³/mol. The van der Waals surface area contributed by atoms with Crippen LogP contribution in [0.4, 0.5) is 0 Å². The number of hydrogen-bond donors (Lipinski definition) is 1. The van der Waals surface area contributed by atoms with Crippen LogP contribution in [0.5, 0.6) is 11.5 Å². The summed E-state index contributed by atoms with van der Waals surface area (Å²) in [7, 11) is 0. The Morgan fingerprint density at radius 1 is 1.00 bits per heavy atom. The highest BCUT2D eigenvalue weighted by Crippen LogP contribution is 2.40. The summed E-state index contributed by atoms with van der Waals surface area (Å²) < 4.78 is 13.8. The van der Waals surface area contributed by atoms with E-state index in [0.29, 0.717) is 24.7 Å². The molecule has 1 aromatic heterocycles. The first-order chi connectivity index (χ1) is 14.0. The molecule has 3 aromatic carbocycles. The number of imidazole rings is 1. The van der Waals surface area contributed by atoms with Gasteiger partial charge in [0.15, 0.2) is 11.5 Å². The number of nitrogens with zero attached hydrogens (tertiary/aromatic N) is 1. The third-order valence-electron chi connectivity index (χ3n) is 4.49. The van der Waals surface area contributed by atoms with Crippen LogP contribution >= 0.6 is 31.9 Å². The Bertz CT molecular complexity index is 1170. The summed E-state index contributed by atoms with van der Waals surface area (Å²) in [6, 6.07) is 18.2. The number of ether oxygens (including phenoxy) is 2. The highest BCUT2D eigenvalue weighted by molar-refractivity contribution is 9.10. The molecule has 4 rings (SSSR count). The predicted octanol–water partition coefficient (Wildman–Crippen LogP) is 7.04. The fraction of sp³-hybridized carbons (Fsp3) is 0.174. The number of fused-ring (bicyclic) bond motifs is 1. The summed E-state index contributed by atoms with van der Waals surface area (Å²) in [5.41, 5.74) is 5.16. The second-order valence-corrected chi connectivity index (χ2v) is 8.51. The van der Waals surface area contributed by atoms with Gasteiger partial charge in [0, 0.05) is 10.0 Å². The zero-order valence-corrected chi connectivity index (χ0v) is 19.3. The van der Waals surface area contributed by atoms with Crippen molar-refractivity contribution in [1.82, 2.24) is 9.97 Å². The largest absolute Gasteiger partial charge is 0.490 e. The highest BCUT2D eigenvalue weighted by atomic mass is 79.9. The van der Waals surface area contributed by atoms with Gasteiger partial charge in [-0.25, -0.2) is 4.98 Å². The molecule has 0 fully saturated rings. The van der Waals surface area contributed by atoms with Crippen LogP contribution in [0, 0.1) is 6.92 Å². The quantitative estimate of drug-likeness (QED) is 0.299. The number of rotatable bonds is 6. The van der Waals surface area contributed by atoms with Crippen LogP contribution in [0.2, 0.25) is 0 Å². The van der Waals surface area contributed by atoms with E-state index in [4.69, 9.17) is 14.5 Å². The number of benzene rings is 3. The molecular weight excluding hydrogens is 496 g/mol. The van der Waals surface area contributed by atoms with Gasteiger partial charge < -0.3 is 14.5 Å². The molecule has 4 nitrogen and oxygen atoms in total. The van der Waals surface area contributed by atoms with Crippen LogP contribution in [0.3, 0.4) is 0 Å². The van der Waals surface area contributed by atoms with E-state index in [1.807, 2.05) is 49.4 Å². The van der Waals surface area contributed by atoms with Gasteiger partial charge in [-0.05, 0) is 77.3 Å². The van der Waals surface area contributed by atoms with Crippen LogP contribution in [-0.4, -0.2) is 16.6 Å². The first kappa shape index (κ1) is 20.0. The summed E-state index contributed by atoms with van der Waals surface area (Å²) >= 11 is 7.15. The van der Waals surface area contributed by atoms with Crippen molar-refractivity contribution < 1.29 is 9.47 Å². The maximum Gasteiger partial charge on any atom is 0.175 e. The number of halogens is 2. The zero-order valence-electron chi connectivity index (χ0n) is 16.1. The van der Waals surface area contributed by atoms with Gasteiger partial charge >= 0.3 is 0 Å². The van der Waals surface area contributed by atoms with E-state index in [0.717, 1.165) is 36.9 Å². The number of hydrogen-bond acceptors (Lipinski definition) is 3. The Balaban J connectivity index is 1.67. The SMILES string of the molecule is CCOc1cc(-c2nc3ccc(C)cc3[nH]2)cc(Br)c1OCc1cccc(Br)c1. The van der Waals surface area contributed by atoms with Crippen molar-refractivity contribution in [2.24, 2.45) is 0 Å². The smallest absolute Gasteiger partial charge is 0.175 e. The fourth-order valence-corrected chi connectivity index (χ4v) is 4.15. The Kier molecular flexibility index (Phi) is 5.92. The molecule has 0 aliphatic heterocycles. The molecule has 6 heteroatoms. The van der Waals surface area contributed by atoms with Crippen molar-refractivity contribution in [3.63, 3.8) is 0 Å². The van der Waals surface area contributed by atoms with Crippen LogP contribution in [0.25, 0.3) is 22.4 Å². The molecule has 148 valence electrons. The van der Waals surface area contributed by atoms with Crippen molar-refractivity contribution in [1.29, 1.82) is 0 Å². The van der Waals surface area contributed by atoms with Crippen molar-refractivity contribution in [3.05, 3.63) is 74.7 Å². The van der Waals surface area contributed by atoms with Gasteiger partial charge in [-0.1, -0.05) is 34.1 Å². The first-order valence-corrected chi connectivity index (χ1v) is 10.9. The van der Waals surface area contributed by atoms with Gasteiger partial charge in [-0.15, -0.1) is 0 Å².